The Kier molecular flexibility index (Phi) is 8.88. The number of ether oxygens (including phenoxy) is 1. The first-order valence-electron chi connectivity index (χ1n) is 11.0. The predicted molar refractivity (Wildman–Crippen MR) is 137 cm³/mol. The number of carbonyl (C=O) groups is 1. The summed E-state index contributed by atoms with van der Waals surface area (Å²) in [6.45, 7) is 6.01. The van der Waals surface area contributed by atoms with Gasteiger partial charge in [-0.3, -0.25) is 4.79 Å². The second-order valence-corrected chi connectivity index (χ2v) is 10.6. The highest BCUT2D eigenvalue weighted by atomic mass is 79.9. The maximum atomic E-state index is 13.3. The molecule has 2 atom stereocenters. The van der Waals surface area contributed by atoms with Crippen LogP contribution in [-0.4, -0.2) is 27.0 Å². The van der Waals surface area contributed by atoms with Crippen molar-refractivity contribution < 1.29 is 17.9 Å². The van der Waals surface area contributed by atoms with E-state index in [1.165, 1.54) is 6.07 Å². The van der Waals surface area contributed by atoms with Crippen LogP contribution in [0.25, 0.3) is 0 Å². The predicted octanol–water partition coefficient (Wildman–Crippen LogP) is 4.92. The molecule has 34 heavy (non-hydrogen) atoms. The van der Waals surface area contributed by atoms with E-state index in [1.54, 1.807) is 19.1 Å². The molecule has 0 saturated carbocycles. The summed E-state index contributed by atoms with van der Waals surface area (Å²) in [5, 5.41) is 2.95. The fraction of sp³-hybridized carbons (Fsp3) is 0.269. The van der Waals surface area contributed by atoms with E-state index in [-0.39, 0.29) is 17.4 Å². The average molecular weight is 545 g/mol. The molecule has 8 heteroatoms. The SMILES string of the molecule is CCOc1ccc(S(=O)(=O)N[C@@H](Cc2ccccc2)C(=O)N[C@H](C)c2cccc(Br)c2)cc1C. The van der Waals surface area contributed by atoms with Crippen LogP contribution in [0.3, 0.4) is 0 Å². The van der Waals surface area contributed by atoms with Gasteiger partial charge in [0, 0.05) is 4.47 Å². The Bertz CT molecular complexity index is 1230. The van der Waals surface area contributed by atoms with E-state index in [1.807, 2.05) is 68.4 Å². The third kappa shape index (κ3) is 6.91. The van der Waals surface area contributed by atoms with Crippen molar-refractivity contribution in [1.82, 2.24) is 10.0 Å². The van der Waals surface area contributed by atoms with Gasteiger partial charge in [0.25, 0.3) is 0 Å². The minimum Gasteiger partial charge on any atom is -0.494 e. The summed E-state index contributed by atoms with van der Waals surface area (Å²) in [5.74, 6) is 0.227. The summed E-state index contributed by atoms with van der Waals surface area (Å²) >= 11 is 3.44. The molecule has 0 aliphatic rings. The third-order valence-electron chi connectivity index (χ3n) is 5.36. The van der Waals surface area contributed by atoms with E-state index in [0.717, 1.165) is 15.6 Å². The number of nitrogens with one attached hydrogen (secondary N) is 2. The van der Waals surface area contributed by atoms with Gasteiger partial charge in [0.2, 0.25) is 15.9 Å². The molecule has 0 unspecified atom stereocenters. The van der Waals surface area contributed by atoms with Gasteiger partial charge in [-0.25, -0.2) is 8.42 Å². The fourth-order valence-electron chi connectivity index (χ4n) is 3.57. The van der Waals surface area contributed by atoms with E-state index in [0.29, 0.717) is 17.9 Å². The lowest BCUT2D eigenvalue weighted by atomic mass is 10.0. The Morgan fingerprint density at radius 3 is 2.41 bits per heavy atom. The molecule has 0 fully saturated rings. The zero-order chi connectivity index (χ0) is 24.7. The molecule has 180 valence electrons. The maximum Gasteiger partial charge on any atom is 0.241 e. The van der Waals surface area contributed by atoms with Crippen LogP contribution in [0, 0.1) is 6.92 Å². The molecule has 0 heterocycles. The van der Waals surface area contributed by atoms with Gasteiger partial charge in [-0.05, 0) is 74.2 Å². The number of hydrogen-bond donors (Lipinski definition) is 2. The Morgan fingerprint density at radius 1 is 1.03 bits per heavy atom. The smallest absolute Gasteiger partial charge is 0.241 e. The molecule has 1 amide bonds. The van der Waals surface area contributed by atoms with Gasteiger partial charge in [0.1, 0.15) is 11.8 Å². The number of aryl methyl sites for hydroxylation is 1. The number of hydrogen-bond acceptors (Lipinski definition) is 4. The van der Waals surface area contributed by atoms with Crippen LogP contribution >= 0.6 is 15.9 Å². The Morgan fingerprint density at radius 2 is 1.76 bits per heavy atom. The fourth-order valence-corrected chi connectivity index (χ4v) is 5.27. The normalized spacial score (nSPS) is 13.2. The van der Waals surface area contributed by atoms with Crippen LogP contribution in [0.5, 0.6) is 5.75 Å². The van der Waals surface area contributed by atoms with Gasteiger partial charge >= 0.3 is 0 Å². The first-order chi connectivity index (χ1) is 16.2. The molecule has 0 aliphatic heterocycles. The van der Waals surface area contributed by atoms with Crippen LogP contribution in [0.1, 0.15) is 36.6 Å². The molecule has 0 spiro atoms. The molecule has 0 radical (unpaired) electrons. The van der Waals surface area contributed by atoms with E-state index < -0.39 is 22.0 Å². The van der Waals surface area contributed by atoms with Gasteiger partial charge in [-0.1, -0.05) is 58.4 Å². The second kappa shape index (κ2) is 11.6. The van der Waals surface area contributed by atoms with Crippen LogP contribution < -0.4 is 14.8 Å². The molecule has 0 aliphatic carbocycles. The molecule has 0 bridgehead atoms. The number of rotatable bonds is 10. The standard InChI is InChI=1S/C26H29BrN2O4S/c1-4-33-25-14-13-23(15-18(25)2)34(31,32)29-24(16-20-9-6-5-7-10-20)26(30)28-19(3)21-11-8-12-22(27)17-21/h5-15,17,19,24,29H,4,16H2,1-3H3,(H,28,30)/t19-,24+/m1/s1. The lowest BCUT2D eigenvalue weighted by molar-refractivity contribution is -0.123. The van der Waals surface area contributed by atoms with Gasteiger partial charge < -0.3 is 10.1 Å². The Labute approximate surface area is 209 Å². The zero-order valence-electron chi connectivity index (χ0n) is 19.4. The first kappa shape index (κ1) is 25.9. The highest BCUT2D eigenvalue weighted by Gasteiger charge is 2.27. The quantitative estimate of drug-likeness (QED) is 0.379. The molecule has 6 nitrogen and oxygen atoms in total. The molecule has 3 aromatic carbocycles. The number of sulfonamides is 1. The van der Waals surface area contributed by atoms with Crippen molar-refractivity contribution in [3.05, 3.63) is 94.0 Å². The summed E-state index contributed by atoms with van der Waals surface area (Å²) in [6, 6.07) is 20.3. The average Bonchev–Trinajstić information content (AvgIpc) is 2.80. The molecule has 2 N–H and O–H groups in total. The molecule has 0 aromatic heterocycles. The number of benzene rings is 3. The largest absolute Gasteiger partial charge is 0.494 e. The van der Waals surface area contributed by atoms with Crippen LogP contribution in [-0.2, 0) is 21.2 Å². The van der Waals surface area contributed by atoms with Gasteiger partial charge in [0.05, 0.1) is 17.5 Å². The second-order valence-electron chi connectivity index (χ2n) is 8.01. The lowest BCUT2D eigenvalue weighted by Crippen LogP contribution is -2.48. The highest BCUT2D eigenvalue weighted by Crippen LogP contribution is 2.23. The minimum absolute atomic E-state index is 0.0827. The van der Waals surface area contributed by atoms with Crippen molar-refractivity contribution in [1.29, 1.82) is 0 Å². The van der Waals surface area contributed by atoms with Crippen molar-refractivity contribution in [2.24, 2.45) is 0 Å². The maximum absolute atomic E-state index is 13.3. The number of halogens is 1. The lowest BCUT2D eigenvalue weighted by Gasteiger charge is -2.22. The van der Waals surface area contributed by atoms with Crippen molar-refractivity contribution in [3.8, 4) is 5.75 Å². The van der Waals surface area contributed by atoms with Crippen LogP contribution in [0.2, 0.25) is 0 Å². The molecule has 3 aromatic rings. The van der Waals surface area contributed by atoms with E-state index in [9.17, 15) is 13.2 Å². The van der Waals surface area contributed by atoms with E-state index >= 15 is 0 Å². The third-order valence-corrected chi connectivity index (χ3v) is 7.32. The zero-order valence-corrected chi connectivity index (χ0v) is 21.8. The highest BCUT2D eigenvalue weighted by molar-refractivity contribution is 9.10. The van der Waals surface area contributed by atoms with Crippen LogP contribution in [0.4, 0.5) is 0 Å². The van der Waals surface area contributed by atoms with Crippen molar-refractivity contribution in [2.45, 2.75) is 44.2 Å². The van der Waals surface area contributed by atoms with Crippen molar-refractivity contribution in [3.63, 3.8) is 0 Å². The summed E-state index contributed by atoms with van der Waals surface area (Å²) in [6.07, 6.45) is 0.215. The van der Waals surface area contributed by atoms with Crippen LogP contribution in [0.15, 0.2) is 82.2 Å². The van der Waals surface area contributed by atoms with E-state index in [4.69, 9.17) is 4.74 Å². The molecule has 0 saturated heterocycles. The first-order valence-corrected chi connectivity index (χ1v) is 13.3. The molecule has 3 rings (SSSR count). The summed E-state index contributed by atoms with van der Waals surface area (Å²) in [7, 11) is -3.96. The summed E-state index contributed by atoms with van der Waals surface area (Å²) in [5.41, 5.74) is 2.46. The minimum atomic E-state index is -3.96. The Balaban J connectivity index is 1.85. The van der Waals surface area contributed by atoms with Crippen molar-refractivity contribution >= 4 is 31.9 Å². The topological polar surface area (TPSA) is 84.5 Å². The van der Waals surface area contributed by atoms with Gasteiger partial charge in [-0.15, -0.1) is 0 Å². The summed E-state index contributed by atoms with van der Waals surface area (Å²) < 4.78 is 35.5. The van der Waals surface area contributed by atoms with Gasteiger partial charge in [-0.2, -0.15) is 4.72 Å². The monoisotopic (exact) mass is 544 g/mol. The molecular formula is C26H29BrN2O4S. The number of amides is 1. The van der Waals surface area contributed by atoms with E-state index in [2.05, 4.69) is 26.0 Å². The van der Waals surface area contributed by atoms with Gasteiger partial charge in [0.15, 0.2) is 0 Å². The number of carbonyl (C=O) groups excluding carboxylic acids is 1. The van der Waals surface area contributed by atoms with Crippen molar-refractivity contribution in [2.75, 3.05) is 6.61 Å². The molecular weight excluding hydrogens is 516 g/mol. The Hall–Kier alpha value is -2.68. The summed E-state index contributed by atoms with van der Waals surface area (Å²) in [4.78, 5) is 13.3.